The summed E-state index contributed by atoms with van der Waals surface area (Å²) in [4.78, 5) is 16.7. The number of nitrogens with one attached hydrogen (secondary N) is 1. The first-order valence-corrected chi connectivity index (χ1v) is 11.6. The molecule has 1 amide bonds. The van der Waals surface area contributed by atoms with Crippen LogP contribution in [0.15, 0.2) is 78.0 Å². The van der Waals surface area contributed by atoms with Crippen LogP contribution in [0.1, 0.15) is 21.5 Å². The summed E-state index contributed by atoms with van der Waals surface area (Å²) in [5, 5.41) is 3.83. The molecule has 0 aliphatic carbocycles. The number of thioether (sulfide) groups is 1. The van der Waals surface area contributed by atoms with Crippen molar-refractivity contribution in [3.05, 3.63) is 89.6 Å². The van der Waals surface area contributed by atoms with E-state index in [4.69, 9.17) is 0 Å². The molecule has 0 saturated carbocycles. The maximum absolute atomic E-state index is 12.5. The average molecular weight is 413 g/mol. The Kier molecular flexibility index (Phi) is 6.49. The van der Waals surface area contributed by atoms with Gasteiger partial charge in [0.25, 0.3) is 5.91 Å². The highest BCUT2D eigenvalue weighted by Crippen LogP contribution is 2.22. The third kappa shape index (κ3) is 6.21. The molecule has 7 heteroatoms. The fourth-order valence-electron chi connectivity index (χ4n) is 2.59. The van der Waals surface area contributed by atoms with Gasteiger partial charge in [-0.3, -0.25) is 4.79 Å². The quantitative estimate of drug-likeness (QED) is 0.590. The Labute approximate surface area is 169 Å². The zero-order valence-electron chi connectivity index (χ0n) is 15.3. The Hall–Kier alpha value is -2.64. The van der Waals surface area contributed by atoms with Gasteiger partial charge < -0.3 is 5.32 Å². The molecule has 0 fully saturated rings. The van der Waals surface area contributed by atoms with Crippen LogP contribution in [0.5, 0.6) is 0 Å². The fourth-order valence-corrected chi connectivity index (χ4v) is 4.19. The van der Waals surface area contributed by atoms with E-state index in [1.807, 2.05) is 42.5 Å². The number of nitrogens with zero attached hydrogens (tertiary/aromatic N) is 1. The molecule has 0 radical (unpaired) electrons. The van der Waals surface area contributed by atoms with E-state index in [0.717, 1.165) is 16.3 Å². The van der Waals surface area contributed by atoms with Gasteiger partial charge in [0, 0.05) is 29.5 Å². The Morgan fingerprint density at radius 1 is 1.00 bits per heavy atom. The smallest absolute Gasteiger partial charge is 0.255 e. The number of pyridine rings is 1. The zero-order valence-corrected chi connectivity index (χ0v) is 17.0. The van der Waals surface area contributed by atoms with Crippen LogP contribution in [0.3, 0.4) is 0 Å². The van der Waals surface area contributed by atoms with E-state index in [0.29, 0.717) is 16.8 Å². The van der Waals surface area contributed by atoms with Crippen LogP contribution in [0.25, 0.3) is 0 Å². The molecule has 2 aromatic carbocycles. The number of benzene rings is 2. The maximum Gasteiger partial charge on any atom is 0.255 e. The first kappa shape index (κ1) is 20.1. The molecule has 144 valence electrons. The lowest BCUT2D eigenvalue weighted by molar-refractivity contribution is 0.102. The van der Waals surface area contributed by atoms with E-state index in [-0.39, 0.29) is 11.7 Å². The van der Waals surface area contributed by atoms with Crippen molar-refractivity contribution in [1.29, 1.82) is 0 Å². The van der Waals surface area contributed by atoms with Gasteiger partial charge in [-0.1, -0.05) is 30.3 Å². The van der Waals surface area contributed by atoms with Crippen molar-refractivity contribution in [3.8, 4) is 0 Å². The molecule has 0 bridgehead atoms. The lowest BCUT2D eigenvalue weighted by Gasteiger charge is -2.08. The minimum atomic E-state index is -3.10. The van der Waals surface area contributed by atoms with E-state index < -0.39 is 9.84 Å². The molecule has 1 heterocycles. The summed E-state index contributed by atoms with van der Waals surface area (Å²) in [6, 6.07) is 20.1. The van der Waals surface area contributed by atoms with Crippen LogP contribution in [0.4, 0.5) is 5.69 Å². The molecule has 3 aromatic rings. The third-order valence-electron chi connectivity index (χ3n) is 3.85. The summed E-state index contributed by atoms with van der Waals surface area (Å²) in [5.74, 6) is 0.478. The van der Waals surface area contributed by atoms with Crippen molar-refractivity contribution < 1.29 is 13.2 Å². The average Bonchev–Trinajstić information content (AvgIpc) is 2.67. The first-order chi connectivity index (χ1) is 13.4. The van der Waals surface area contributed by atoms with Gasteiger partial charge in [-0.2, -0.15) is 0 Å². The molecular weight excluding hydrogens is 392 g/mol. The van der Waals surface area contributed by atoms with Crippen LogP contribution in [-0.4, -0.2) is 25.6 Å². The number of amides is 1. The molecule has 1 aromatic heterocycles. The monoisotopic (exact) mass is 412 g/mol. The van der Waals surface area contributed by atoms with Crippen molar-refractivity contribution >= 4 is 33.2 Å². The highest BCUT2D eigenvalue weighted by molar-refractivity contribution is 7.98. The van der Waals surface area contributed by atoms with Gasteiger partial charge >= 0.3 is 0 Å². The highest BCUT2D eigenvalue weighted by atomic mass is 32.2. The summed E-state index contributed by atoms with van der Waals surface area (Å²) in [5.41, 5.74) is 2.93. The Morgan fingerprint density at radius 2 is 1.79 bits per heavy atom. The third-order valence-corrected chi connectivity index (χ3v) is 5.73. The zero-order chi connectivity index (χ0) is 20.0. The van der Waals surface area contributed by atoms with Gasteiger partial charge in [-0.05, 0) is 47.5 Å². The second kappa shape index (κ2) is 9.03. The lowest BCUT2D eigenvalue weighted by atomic mass is 10.1. The van der Waals surface area contributed by atoms with E-state index in [2.05, 4.69) is 10.3 Å². The van der Waals surface area contributed by atoms with Crippen LogP contribution >= 0.6 is 11.8 Å². The Balaban J connectivity index is 1.62. The standard InChI is InChI=1S/C21H20N2O3S2/c1-28(25,26)15-16-8-10-18(11-9-16)21(24)23-19-6-4-5-17(13-19)14-27-20-7-2-3-12-22-20/h2-13H,14-15H2,1H3,(H,23,24). The molecule has 5 nitrogen and oxygen atoms in total. The second-order valence-corrected chi connectivity index (χ2v) is 9.51. The number of hydrogen-bond acceptors (Lipinski definition) is 5. The number of carbonyl (C=O) groups is 1. The molecule has 28 heavy (non-hydrogen) atoms. The fraction of sp³-hybridized carbons (Fsp3) is 0.143. The molecule has 0 unspecified atom stereocenters. The molecule has 0 aliphatic heterocycles. The topological polar surface area (TPSA) is 76.1 Å². The molecular formula is C21H20N2O3S2. The number of aromatic nitrogens is 1. The summed E-state index contributed by atoms with van der Waals surface area (Å²) in [6.45, 7) is 0. The number of anilines is 1. The summed E-state index contributed by atoms with van der Waals surface area (Å²) in [7, 11) is -3.10. The molecule has 0 aliphatic rings. The Morgan fingerprint density at radius 3 is 2.46 bits per heavy atom. The van der Waals surface area contributed by atoms with Gasteiger partial charge in [0.1, 0.15) is 0 Å². The molecule has 1 N–H and O–H groups in total. The molecule has 0 atom stereocenters. The van der Waals surface area contributed by atoms with E-state index >= 15 is 0 Å². The van der Waals surface area contributed by atoms with Gasteiger partial charge in [0.2, 0.25) is 0 Å². The second-order valence-electron chi connectivity index (χ2n) is 6.38. The largest absolute Gasteiger partial charge is 0.322 e. The predicted molar refractivity (Wildman–Crippen MR) is 113 cm³/mol. The normalized spacial score (nSPS) is 11.2. The summed E-state index contributed by atoms with van der Waals surface area (Å²) >= 11 is 1.63. The van der Waals surface area contributed by atoms with Crippen molar-refractivity contribution in [2.24, 2.45) is 0 Å². The summed E-state index contributed by atoms with van der Waals surface area (Å²) in [6.07, 6.45) is 2.95. The maximum atomic E-state index is 12.5. The molecule has 0 saturated heterocycles. The molecule has 0 spiro atoms. The van der Waals surface area contributed by atoms with Gasteiger partial charge in [0.05, 0.1) is 10.8 Å². The lowest BCUT2D eigenvalue weighted by Crippen LogP contribution is -2.12. The van der Waals surface area contributed by atoms with Crippen LogP contribution in [0, 0.1) is 0 Å². The number of rotatable bonds is 7. The van der Waals surface area contributed by atoms with Gasteiger partial charge in [0.15, 0.2) is 9.84 Å². The van der Waals surface area contributed by atoms with Crippen molar-refractivity contribution in [1.82, 2.24) is 4.98 Å². The Bertz CT molecular complexity index is 1050. The van der Waals surface area contributed by atoms with Gasteiger partial charge in [-0.25, -0.2) is 13.4 Å². The van der Waals surface area contributed by atoms with E-state index in [1.165, 1.54) is 6.26 Å². The van der Waals surface area contributed by atoms with Crippen molar-refractivity contribution in [2.45, 2.75) is 16.5 Å². The summed E-state index contributed by atoms with van der Waals surface area (Å²) < 4.78 is 22.7. The highest BCUT2D eigenvalue weighted by Gasteiger charge is 2.09. The molecule has 3 rings (SSSR count). The van der Waals surface area contributed by atoms with Crippen LogP contribution in [0.2, 0.25) is 0 Å². The van der Waals surface area contributed by atoms with E-state index in [1.54, 1.807) is 42.2 Å². The first-order valence-electron chi connectivity index (χ1n) is 8.60. The van der Waals surface area contributed by atoms with E-state index in [9.17, 15) is 13.2 Å². The minimum absolute atomic E-state index is 0.0368. The number of carbonyl (C=O) groups excluding carboxylic acids is 1. The predicted octanol–water partition coefficient (Wildman–Crippen LogP) is 4.17. The minimum Gasteiger partial charge on any atom is -0.322 e. The SMILES string of the molecule is CS(=O)(=O)Cc1ccc(C(=O)Nc2cccc(CSc3ccccn3)c2)cc1. The van der Waals surface area contributed by atoms with Crippen LogP contribution in [-0.2, 0) is 21.3 Å². The van der Waals surface area contributed by atoms with Crippen molar-refractivity contribution in [2.75, 3.05) is 11.6 Å². The van der Waals surface area contributed by atoms with Crippen LogP contribution < -0.4 is 5.32 Å². The van der Waals surface area contributed by atoms with Gasteiger partial charge in [-0.15, -0.1) is 11.8 Å². The number of sulfone groups is 1. The number of hydrogen-bond donors (Lipinski definition) is 1. The van der Waals surface area contributed by atoms with Crippen molar-refractivity contribution in [3.63, 3.8) is 0 Å².